The lowest BCUT2D eigenvalue weighted by Gasteiger charge is -2.42. The molecular formula is C17H17N3O4. The van der Waals surface area contributed by atoms with Crippen LogP contribution in [0.5, 0.6) is 5.75 Å². The molecular weight excluding hydrogens is 310 g/mol. The molecule has 24 heavy (non-hydrogen) atoms. The number of carbonyl (C=O) groups excluding carboxylic acids is 1. The van der Waals surface area contributed by atoms with E-state index in [1.165, 1.54) is 0 Å². The van der Waals surface area contributed by atoms with Gasteiger partial charge in [0.05, 0.1) is 17.6 Å². The smallest absolute Gasteiger partial charge is 0.244 e. The predicted octanol–water partition coefficient (Wildman–Crippen LogP) is 1.23. The zero-order chi connectivity index (χ0) is 17.1. The Morgan fingerprint density at radius 2 is 2.25 bits per heavy atom. The quantitative estimate of drug-likeness (QED) is 0.807. The number of nitrogens with zero attached hydrogens (tertiary/aromatic N) is 2. The number of hydrazone groups is 1. The molecule has 7 nitrogen and oxygen atoms in total. The Hall–Kier alpha value is -2.59. The van der Waals surface area contributed by atoms with Gasteiger partial charge in [-0.15, -0.1) is 5.10 Å². The van der Waals surface area contributed by atoms with Crippen LogP contribution in [0.4, 0.5) is 0 Å². The van der Waals surface area contributed by atoms with Gasteiger partial charge in [-0.25, -0.2) is 5.43 Å². The second-order valence-corrected chi connectivity index (χ2v) is 6.93. The number of hydrogen-bond donors (Lipinski definition) is 2. The molecule has 1 amide bonds. The minimum absolute atomic E-state index is 0.0282. The standard InChI is InChI=1S/C17H17N3O4/c1-17(2)14(21)13(11-5-8(7-18)3-4-12(11)24-17)23-16-10-6-9(10)15(22)19-20-16/h3-5,9-10,13-14,21H,6H2,1-2H3,(H,19,22)/t9-,10-,13-,14+/m1/s1. The van der Waals surface area contributed by atoms with Crippen LogP contribution in [0, 0.1) is 23.2 Å². The number of ether oxygens (including phenoxy) is 2. The van der Waals surface area contributed by atoms with Crippen molar-refractivity contribution < 1.29 is 19.4 Å². The number of amides is 1. The van der Waals surface area contributed by atoms with Gasteiger partial charge < -0.3 is 14.6 Å². The first kappa shape index (κ1) is 15.0. The molecule has 124 valence electrons. The highest BCUT2D eigenvalue weighted by atomic mass is 16.5. The highest BCUT2D eigenvalue weighted by Gasteiger charge is 2.53. The van der Waals surface area contributed by atoms with Crippen molar-refractivity contribution in [1.29, 1.82) is 5.26 Å². The summed E-state index contributed by atoms with van der Waals surface area (Å²) in [5.41, 5.74) is 2.67. The molecule has 0 saturated heterocycles. The van der Waals surface area contributed by atoms with E-state index in [2.05, 4.69) is 16.6 Å². The molecule has 4 atom stereocenters. The molecule has 0 aromatic heterocycles. The maximum Gasteiger partial charge on any atom is 0.244 e. The van der Waals surface area contributed by atoms with Crippen LogP contribution in [-0.2, 0) is 9.53 Å². The second-order valence-electron chi connectivity index (χ2n) is 6.93. The van der Waals surface area contributed by atoms with Crippen molar-refractivity contribution in [3.8, 4) is 11.8 Å². The third-order valence-corrected chi connectivity index (χ3v) is 4.79. The molecule has 7 heteroatoms. The van der Waals surface area contributed by atoms with Crippen LogP contribution in [-0.4, -0.2) is 28.6 Å². The summed E-state index contributed by atoms with van der Waals surface area (Å²) in [5.74, 6) is 0.788. The summed E-state index contributed by atoms with van der Waals surface area (Å²) < 4.78 is 11.9. The number of carbonyl (C=O) groups is 1. The molecule has 1 saturated carbocycles. The minimum atomic E-state index is -0.948. The molecule has 0 bridgehead atoms. The Bertz CT molecular complexity index is 796. The van der Waals surface area contributed by atoms with Crippen molar-refractivity contribution in [2.45, 2.75) is 38.1 Å². The predicted molar refractivity (Wildman–Crippen MR) is 82.9 cm³/mol. The van der Waals surface area contributed by atoms with E-state index in [-0.39, 0.29) is 17.7 Å². The fraction of sp³-hybridized carbons (Fsp3) is 0.471. The van der Waals surface area contributed by atoms with E-state index in [9.17, 15) is 9.90 Å². The molecule has 2 aliphatic heterocycles. The molecule has 4 rings (SSSR count). The largest absolute Gasteiger partial charge is 0.485 e. The van der Waals surface area contributed by atoms with Crippen LogP contribution in [0.2, 0.25) is 0 Å². The highest BCUT2D eigenvalue weighted by molar-refractivity contribution is 5.96. The molecule has 3 aliphatic rings. The van der Waals surface area contributed by atoms with Crippen LogP contribution < -0.4 is 10.2 Å². The van der Waals surface area contributed by atoms with Crippen molar-refractivity contribution in [1.82, 2.24) is 5.43 Å². The average Bonchev–Trinajstić information content (AvgIpc) is 3.35. The fourth-order valence-electron chi connectivity index (χ4n) is 3.22. The third-order valence-electron chi connectivity index (χ3n) is 4.79. The molecule has 2 heterocycles. The minimum Gasteiger partial charge on any atom is -0.485 e. The van der Waals surface area contributed by atoms with E-state index in [4.69, 9.17) is 14.7 Å². The normalized spacial score (nSPS) is 32.2. The zero-order valence-corrected chi connectivity index (χ0v) is 13.3. The highest BCUT2D eigenvalue weighted by Crippen LogP contribution is 2.46. The van der Waals surface area contributed by atoms with Crippen molar-refractivity contribution in [3.05, 3.63) is 29.3 Å². The number of aliphatic hydroxyl groups excluding tert-OH is 1. The summed E-state index contributed by atoms with van der Waals surface area (Å²) in [5, 5.41) is 23.8. The molecule has 1 fully saturated rings. The lowest BCUT2D eigenvalue weighted by molar-refractivity contribution is -0.123. The molecule has 2 N–H and O–H groups in total. The molecule has 0 unspecified atom stereocenters. The van der Waals surface area contributed by atoms with Crippen LogP contribution in [0.15, 0.2) is 23.3 Å². The molecule has 1 aromatic rings. The van der Waals surface area contributed by atoms with Crippen molar-refractivity contribution in [2.75, 3.05) is 0 Å². The molecule has 1 aromatic carbocycles. The van der Waals surface area contributed by atoms with E-state index in [1.54, 1.807) is 32.0 Å². The van der Waals surface area contributed by atoms with Gasteiger partial charge in [-0.2, -0.15) is 5.26 Å². The lowest BCUT2D eigenvalue weighted by Crippen LogP contribution is -2.50. The average molecular weight is 327 g/mol. The van der Waals surface area contributed by atoms with Gasteiger partial charge in [0.25, 0.3) is 0 Å². The van der Waals surface area contributed by atoms with Gasteiger partial charge in [0.15, 0.2) is 6.10 Å². The summed E-state index contributed by atoms with van der Waals surface area (Å²) >= 11 is 0. The Kier molecular flexibility index (Phi) is 3.09. The maximum absolute atomic E-state index is 11.5. The summed E-state index contributed by atoms with van der Waals surface area (Å²) in [6.45, 7) is 3.55. The lowest BCUT2D eigenvalue weighted by atomic mass is 9.87. The van der Waals surface area contributed by atoms with Gasteiger partial charge in [0, 0.05) is 11.5 Å². The van der Waals surface area contributed by atoms with Gasteiger partial charge in [-0.3, -0.25) is 4.79 Å². The van der Waals surface area contributed by atoms with E-state index in [0.29, 0.717) is 29.2 Å². The monoisotopic (exact) mass is 327 g/mol. The van der Waals surface area contributed by atoms with Crippen LogP contribution in [0.1, 0.15) is 37.5 Å². The number of hydrogen-bond acceptors (Lipinski definition) is 6. The number of rotatable bonds is 1. The Balaban J connectivity index is 1.71. The summed E-state index contributed by atoms with van der Waals surface area (Å²) in [6, 6.07) is 7.11. The van der Waals surface area contributed by atoms with Gasteiger partial charge in [0.2, 0.25) is 11.8 Å². The third kappa shape index (κ3) is 2.22. The number of aliphatic hydroxyl groups is 1. The fourth-order valence-corrected chi connectivity index (χ4v) is 3.22. The Labute approximate surface area is 138 Å². The number of nitrogens with one attached hydrogen (secondary N) is 1. The topological polar surface area (TPSA) is 104 Å². The van der Waals surface area contributed by atoms with Crippen molar-refractivity contribution >= 4 is 11.8 Å². The van der Waals surface area contributed by atoms with E-state index < -0.39 is 17.8 Å². The number of nitriles is 1. The first-order valence-electron chi connectivity index (χ1n) is 7.86. The van der Waals surface area contributed by atoms with Gasteiger partial charge in [-0.1, -0.05) is 0 Å². The Morgan fingerprint density at radius 3 is 3.00 bits per heavy atom. The maximum atomic E-state index is 11.5. The van der Waals surface area contributed by atoms with Gasteiger partial charge in [0.1, 0.15) is 17.5 Å². The second kappa shape index (κ2) is 4.95. The Morgan fingerprint density at radius 1 is 1.46 bits per heavy atom. The zero-order valence-electron chi connectivity index (χ0n) is 13.3. The first-order chi connectivity index (χ1) is 11.4. The van der Waals surface area contributed by atoms with E-state index in [0.717, 1.165) is 0 Å². The SMILES string of the molecule is CC1(C)Oc2ccc(C#N)cc2[C@@H](OC2=NNC(=O)[C@@H]3C[C@@H]23)[C@@H]1O. The van der Waals surface area contributed by atoms with Crippen LogP contribution in [0.25, 0.3) is 0 Å². The molecule has 0 spiro atoms. The van der Waals surface area contributed by atoms with Gasteiger partial charge in [-0.05, 0) is 38.5 Å². The first-order valence-corrected chi connectivity index (χ1v) is 7.86. The van der Waals surface area contributed by atoms with Crippen molar-refractivity contribution in [3.63, 3.8) is 0 Å². The summed E-state index contributed by atoms with van der Waals surface area (Å²) in [4.78, 5) is 11.5. The summed E-state index contributed by atoms with van der Waals surface area (Å²) in [7, 11) is 0. The van der Waals surface area contributed by atoms with Crippen LogP contribution >= 0.6 is 0 Å². The molecule has 0 radical (unpaired) electrons. The molecule has 1 aliphatic carbocycles. The van der Waals surface area contributed by atoms with Crippen LogP contribution in [0.3, 0.4) is 0 Å². The number of benzene rings is 1. The van der Waals surface area contributed by atoms with E-state index in [1.807, 2.05) is 0 Å². The van der Waals surface area contributed by atoms with Gasteiger partial charge >= 0.3 is 0 Å². The summed E-state index contributed by atoms with van der Waals surface area (Å²) in [6.07, 6.45) is -0.957. The number of fused-ring (bicyclic) bond motifs is 2. The van der Waals surface area contributed by atoms with Crippen molar-refractivity contribution in [2.24, 2.45) is 16.9 Å². The van der Waals surface area contributed by atoms with E-state index >= 15 is 0 Å².